The maximum atomic E-state index is 13.2. The smallest absolute Gasteiger partial charge is 0.435 e. The molecule has 1 unspecified atom stereocenters. The fraction of sp³-hybridized carbons (Fsp3) is 0.421. The number of piperazine rings is 1. The van der Waals surface area contributed by atoms with Crippen LogP contribution in [0, 0.1) is 0 Å². The Balaban J connectivity index is 1.75. The lowest BCUT2D eigenvalue weighted by molar-refractivity contribution is -0.148. The number of hydrogen-bond acceptors (Lipinski definition) is 5. The van der Waals surface area contributed by atoms with E-state index in [4.69, 9.17) is 16.3 Å². The summed E-state index contributed by atoms with van der Waals surface area (Å²) < 4.78 is 45.4. The number of carbonyl (C=O) groups is 2. The van der Waals surface area contributed by atoms with Crippen LogP contribution < -0.4 is 0 Å². The minimum atomic E-state index is -4.72. The average molecular weight is 445 g/mol. The number of halogens is 4. The fourth-order valence-electron chi connectivity index (χ4n) is 3.46. The number of aromatic nitrogens is 2. The first-order valence-electron chi connectivity index (χ1n) is 9.09. The minimum absolute atomic E-state index is 0.159. The zero-order valence-electron chi connectivity index (χ0n) is 16.3. The number of ether oxygens (including phenoxy) is 1. The molecule has 1 atom stereocenters. The topological polar surface area (TPSA) is 67.7 Å². The Morgan fingerprint density at radius 1 is 1.13 bits per heavy atom. The SMILES string of the molecule is COC(=O)C(c1ccc(Cl)cc1)N1CCN(C(=O)c2cn(C)nc2C(F)(F)F)CC1. The van der Waals surface area contributed by atoms with Crippen molar-refractivity contribution in [2.24, 2.45) is 7.05 Å². The summed E-state index contributed by atoms with van der Waals surface area (Å²) in [6.45, 7) is 0.893. The van der Waals surface area contributed by atoms with Crippen LogP contribution in [0.15, 0.2) is 30.5 Å². The van der Waals surface area contributed by atoms with Gasteiger partial charge in [-0.3, -0.25) is 14.4 Å². The van der Waals surface area contributed by atoms with Crippen LogP contribution in [-0.4, -0.2) is 64.7 Å². The van der Waals surface area contributed by atoms with Crippen molar-refractivity contribution in [3.63, 3.8) is 0 Å². The van der Waals surface area contributed by atoms with E-state index in [1.165, 1.54) is 19.1 Å². The number of esters is 1. The number of methoxy groups -OCH3 is 1. The van der Waals surface area contributed by atoms with Crippen molar-refractivity contribution in [2.45, 2.75) is 12.2 Å². The van der Waals surface area contributed by atoms with Crippen molar-refractivity contribution in [1.29, 1.82) is 0 Å². The van der Waals surface area contributed by atoms with Gasteiger partial charge in [0.2, 0.25) is 0 Å². The van der Waals surface area contributed by atoms with E-state index in [0.29, 0.717) is 10.6 Å². The molecule has 1 aliphatic rings. The first kappa shape index (κ1) is 22.1. The molecule has 0 N–H and O–H groups in total. The molecular weight excluding hydrogens is 425 g/mol. The average Bonchev–Trinajstić information content (AvgIpc) is 3.12. The normalized spacial score (nSPS) is 16.4. The molecule has 0 bridgehead atoms. The zero-order valence-corrected chi connectivity index (χ0v) is 17.1. The summed E-state index contributed by atoms with van der Waals surface area (Å²) in [5, 5.41) is 3.91. The van der Waals surface area contributed by atoms with Gasteiger partial charge in [0.1, 0.15) is 6.04 Å². The van der Waals surface area contributed by atoms with E-state index in [-0.39, 0.29) is 26.2 Å². The van der Waals surface area contributed by atoms with Gasteiger partial charge in [-0.05, 0) is 17.7 Å². The van der Waals surface area contributed by atoms with Crippen LogP contribution in [-0.2, 0) is 22.8 Å². The van der Waals surface area contributed by atoms with Crippen molar-refractivity contribution in [2.75, 3.05) is 33.3 Å². The second-order valence-corrected chi connectivity index (χ2v) is 7.30. The molecule has 7 nitrogen and oxygen atoms in total. The molecule has 2 heterocycles. The third-order valence-corrected chi connectivity index (χ3v) is 5.16. The summed E-state index contributed by atoms with van der Waals surface area (Å²) in [4.78, 5) is 28.2. The van der Waals surface area contributed by atoms with E-state index in [0.717, 1.165) is 10.9 Å². The zero-order chi connectivity index (χ0) is 22.1. The lowest BCUT2D eigenvalue weighted by Crippen LogP contribution is -2.51. The van der Waals surface area contributed by atoms with Crippen molar-refractivity contribution < 1.29 is 27.5 Å². The number of hydrogen-bond donors (Lipinski definition) is 0. The van der Waals surface area contributed by atoms with E-state index in [1.54, 1.807) is 24.3 Å². The summed E-state index contributed by atoms with van der Waals surface area (Å²) in [6.07, 6.45) is -3.65. The highest BCUT2D eigenvalue weighted by molar-refractivity contribution is 6.30. The van der Waals surface area contributed by atoms with Gasteiger partial charge >= 0.3 is 12.1 Å². The first-order valence-corrected chi connectivity index (χ1v) is 9.47. The van der Waals surface area contributed by atoms with Crippen molar-refractivity contribution in [1.82, 2.24) is 19.6 Å². The molecular formula is C19H20ClF3N4O3. The van der Waals surface area contributed by atoms with Crippen molar-refractivity contribution >= 4 is 23.5 Å². The summed E-state index contributed by atoms with van der Waals surface area (Å²) in [6, 6.07) is 6.05. The van der Waals surface area contributed by atoms with Crippen LogP contribution in [0.5, 0.6) is 0 Å². The lowest BCUT2D eigenvalue weighted by atomic mass is 10.0. The van der Waals surface area contributed by atoms with Gasteiger partial charge in [0.05, 0.1) is 12.7 Å². The van der Waals surface area contributed by atoms with Crippen LogP contribution in [0.4, 0.5) is 13.2 Å². The second kappa shape index (κ2) is 8.65. The Morgan fingerprint density at radius 3 is 2.27 bits per heavy atom. The van der Waals surface area contributed by atoms with Crippen LogP contribution in [0.2, 0.25) is 5.02 Å². The van der Waals surface area contributed by atoms with E-state index in [9.17, 15) is 22.8 Å². The van der Waals surface area contributed by atoms with Crippen molar-refractivity contribution in [3.8, 4) is 0 Å². The highest BCUT2D eigenvalue weighted by Crippen LogP contribution is 2.32. The number of alkyl halides is 3. The van der Waals surface area contributed by atoms with Crippen LogP contribution in [0.3, 0.4) is 0 Å². The molecule has 0 aliphatic carbocycles. The molecule has 2 aromatic rings. The summed E-state index contributed by atoms with van der Waals surface area (Å²) >= 11 is 5.91. The van der Waals surface area contributed by atoms with Gasteiger partial charge in [-0.15, -0.1) is 0 Å². The molecule has 1 saturated heterocycles. The third kappa shape index (κ3) is 4.59. The van der Waals surface area contributed by atoms with Crippen molar-refractivity contribution in [3.05, 3.63) is 52.3 Å². The monoisotopic (exact) mass is 444 g/mol. The predicted octanol–water partition coefficient (Wildman–Crippen LogP) is 2.76. The standard InChI is InChI=1S/C19H20ClF3N4O3/c1-25-11-14(16(24-25)19(21,22)23)17(28)27-9-7-26(8-10-27)15(18(29)30-2)12-3-5-13(20)6-4-12/h3-6,11,15H,7-10H2,1-2H3. The molecule has 162 valence electrons. The molecule has 30 heavy (non-hydrogen) atoms. The lowest BCUT2D eigenvalue weighted by Gasteiger charge is -2.38. The summed E-state index contributed by atoms with van der Waals surface area (Å²) in [5.74, 6) is -1.21. The van der Waals surface area contributed by atoms with Gasteiger partial charge in [-0.1, -0.05) is 23.7 Å². The quantitative estimate of drug-likeness (QED) is 0.678. The molecule has 0 radical (unpaired) electrons. The van der Waals surface area contributed by atoms with Gasteiger partial charge in [-0.2, -0.15) is 18.3 Å². The molecule has 1 fully saturated rings. The van der Waals surface area contributed by atoms with Gasteiger partial charge in [-0.25, -0.2) is 4.79 Å². The number of rotatable bonds is 4. The highest BCUT2D eigenvalue weighted by Gasteiger charge is 2.41. The van der Waals surface area contributed by atoms with Gasteiger partial charge in [0.15, 0.2) is 5.69 Å². The van der Waals surface area contributed by atoms with Gasteiger partial charge in [0, 0.05) is 44.4 Å². The Kier molecular flexibility index (Phi) is 6.37. The molecule has 0 saturated carbocycles. The number of carbonyl (C=O) groups excluding carboxylic acids is 2. The third-order valence-electron chi connectivity index (χ3n) is 4.90. The van der Waals surface area contributed by atoms with Crippen LogP contribution in [0.1, 0.15) is 27.7 Å². The summed E-state index contributed by atoms with van der Waals surface area (Å²) in [5.41, 5.74) is -1.01. The number of benzene rings is 1. The highest BCUT2D eigenvalue weighted by atomic mass is 35.5. The molecule has 1 aromatic carbocycles. The molecule has 1 aromatic heterocycles. The predicted molar refractivity (Wildman–Crippen MR) is 102 cm³/mol. The number of amides is 1. The van der Waals surface area contributed by atoms with Crippen LogP contribution >= 0.6 is 11.6 Å². The Labute approximate surface area is 175 Å². The molecule has 11 heteroatoms. The molecule has 0 spiro atoms. The minimum Gasteiger partial charge on any atom is -0.468 e. The Bertz CT molecular complexity index is 922. The largest absolute Gasteiger partial charge is 0.468 e. The van der Waals surface area contributed by atoms with E-state index in [2.05, 4.69) is 5.10 Å². The van der Waals surface area contributed by atoms with Gasteiger partial charge in [0.25, 0.3) is 5.91 Å². The Hall–Kier alpha value is -2.59. The molecule has 3 rings (SSSR count). The van der Waals surface area contributed by atoms with Gasteiger partial charge < -0.3 is 9.64 Å². The Morgan fingerprint density at radius 2 is 1.73 bits per heavy atom. The fourth-order valence-corrected chi connectivity index (χ4v) is 3.59. The summed E-state index contributed by atoms with van der Waals surface area (Å²) in [7, 11) is 2.61. The first-order chi connectivity index (χ1) is 14.1. The molecule has 1 amide bonds. The van der Waals surface area contributed by atoms with Crippen LogP contribution in [0.25, 0.3) is 0 Å². The second-order valence-electron chi connectivity index (χ2n) is 6.87. The van der Waals surface area contributed by atoms with E-state index in [1.807, 2.05) is 4.90 Å². The maximum absolute atomic E-state index is 13.2. The number of aryl methyl sites for hydroxylation is 1. The number of nitrogens with zero attached hydrogens (tertiary/aromatic N) is 4. The molecule has 1 aliphatic heterocycles. The van der Waals surface area contributed by atoms with E-state index >= 15 is 0 Å². The van der Waals surface area contributed by atoms with E-state index < -0.39 is 35.4 Å². The maximum Gasteiger partial charge on any atom is 0.435 e.